The molecule has 0 heterocycles. The van der Waals surface area contributed by atoms with E-state index in [9.17, 15) is 4.79 Å². The minimum Gasteiger partial charge on any atom is -0.460 e. The molecule has 82 valence electrons. The first kappa shape index (κ1) is 13.2. The first-order valence-corrected chi connectivity index (χ1v) is 5.02. The van der Waals surface area contributed by atoms with Crippen molar-refractivity contribution in [2.45, 2.75) is 39.7 Å². The summed E-state index contributed by atoms with van der Waals surface area (Å²) in [6.45, 7) is 10.0. The number of carbonyl (C=O) groups excluding carboxylic acids is 1. The highest BCUT2D eigenvalue weighted by Gasteiger charge is 2.03. The molecule has 0 aromatic carbocycles. The number of carbonyl (C=O) groups is 1. The zero-order valence-electron chi connectivity index (χ0n) is 9.34. The average Bonchev–Trinajstić information content (AvgIpc) is 2.12. The number of hydrogen-bond donors (Lipinski definition) is 0. The molecule has 3 heteroatoms. The van der Waals surface area contributed by atoms with Gasteiger partial charge in [-0.3, -0.25) is 0 Å². The van der Waals surface area contributed by atoms with Crippen molar-refractivity contribution in [2.75, 3.05) is 13.2 Å². The molecule has 0 bridgehead atoms. The van der Waals surface area contributed by atoms with Crippen LogP contribution in [0.4, 0.5) is 0 Å². The largest absolute Gasteiger partial charge is 0.460 e. The molecule has 0 aliphatic heterocycles. The van der Waals surface area contributed by atoms with Crippen LogP contribution in [0.3, 0.4) is 0 Å². The molecule has 1 atom stereocenters. The number of ether oxygens (including phenoxy) is 2. The molecule has 14 heavy (non-hydrogen) atoms. The van der Waals surface area contributed by atoms with Crippen molar-refractivity contribution in [3.05, 3.63) is 12.2 Å². The van der Waals surface area contributed by atoms with E-state index in [1.165, 1.54) is 0 Å². The lowest BCUT2D eigenvalue weighted by atomic mass is 10.2. The van der Waals surface area contributed by atoms with Gasteiger partial charge in [-0.05, 0) is 20.3 Å². The van der Waals surface area contributed by atoms with E-state index in [0.29, 0.717) is 18.8 Å². The summed E-state index contributed by atoms with van der Waals surface area (Å²) in [6, 6.07) is 0. The van der Waals surface area contributed by atoms with E-state index in [0.717, 1.165) is 12.8 Å². The highest BCUT2D eigenvalue weighted by atomic mass is 16.6. The Balaban J connectivity index is 3.37. The van der Waals surface area contributed by atoms with E-state index >= 15 is 0 Å². The van der Waals surface area contributed by atoms with Crippen molar-refractivity contribution in [1.29, 1.82) is 0 Å². The molecule has 0 aromatic heterocycles. The molecule has 0 N–H and O–H groups in total. The Hall–Kier alpha value is -0.830. The highest BCUT2D eigenvalue weighted by molar-refractivity contribution is 5.86. The van der Waals surface area contributed by atoms with Crippen LogP contribution in [-0.4, -0.2) is 25.3 Å². The topological polar surface area (TPSA) is 35.5 Å². The SMILES string of the molecule is C=C(C)C(=O)OCCOC(C)CCC. The van der Waals surface area contributed by atoms with Crippen LogP contribution in [-0.2, 0) is 14.3 Å². The van der Waals surface area contributed by atoms with Gasteiger partial charge in [0.05, 0.1) is 12.7 Å². The second-order valence-electron chi connectivity index (χ2n) is 3.39. The van der Waals surface area contributed by atoms with E-state index in [2.05, 4.69) is 13.5 Å². The summed E-state index contributed by atoms with van der Waals surface area (Å²) in [6.07, 6.45) is 2.38. The van der Waals surface area contributed by atoms with Crippen molar-refractivity contribution < 1.29 is 14.3 Å². The second-order valence-corrected chi connectivity index (χ2v) is 3.39. The van der Waals surface area contributed by atoms with Gasteiger partial charge in [0.2, 0.25) is 0 Å². The van der Waals surface area contributed by atoms with Crippen LogP contribution < -0.4 is 0 Å². The van der Waals surface area contributed by atoms with Crippen molar-refractivity contribution in [3.8, 4) is 0 Å². The van der Waals surface area contributed by atoms with Gasteiger partial charge in [0.25, 0.3) is 0 Å². The molecule has 1 unspecified atom stereocenters. The summed E-state index contributed by atoms with van der Waals surface area (Å²) in [5.74, 6) is -0.350. The molecule has 3 nitrogen and oxygen atoms in total. The molecular formula is C11H20O3. The standard InChI is InChI=1S/C11H20O3/c1-5-6-10(4)13-7-8-14-11(12)9(2)3/h10H,2,5-8H2,1,3-4H3. The third-order valence-corrected chi connectivity index (χ3v) is 1.76. The minimum atomic E-state index is -0.350. The van der Waals surface area contributed by atoms with Gasteiger partial charge in [-0.2, -0.15) is 0 Å². The zero-order valence-corrected chi connectivity index (χ0v) is 9.34. The van der Waals surface area contributed by atoms with E-state index in [-0.39, 0.29) is 12.1 Å². The maximum absolute atomic E-state index is 10.9. The lowest BCUT2D eigenvalue weighted by molar-refractivity contribution is -0.141. The smallest absolute Gasteiger partial charge is 0.333 e. The fourth-order valence-corrected chi connectivity index (χ4v) is 0.997. The molecule has 0 rings (SSSR count). The van der Waals surface area contributed by atoms with Crippen LogP contribution in [0.1, 0.15) is 33.6 Å². The Labute approximate surface area is 86.1 Å². The quantitative estimate of drug-likeness (QED) is 0.359. The van der Waals surface area contributed by atoms with E-state index in [1.807, 2.05) is 6.92 Å². The molecule has 0 amide bonds. The van der Waals surface area contributed by atoms with Crippen LogP contribution in [0, 0.1) is 0 Å². The third kappa shape index (κ3) is 6.66. The van der Waals surface area contributed by atoms with Gasteiger partial charge in [-0.1, -0.05) is 19.9 Å². The maximum Gasteiger partial charge on any atom is 0.333 e. The van der Waals surface area contributed by atoms with Crippen LogP contribution in [0.2, 0.25) is 0 Å². The summed E-state index contributed by atoms with van der Waals surface area (Å²) in [4.78, 5) is 10.9. The van der Waals surface area contributed by atoms with Gasteiger partial charge in [0.1, 0.15) is 6.61 Å². The second kappa shape index (κ2) is 7.56. The molecule has 0 saturated carbocycles. The molecule has 0 aliphatic rings. The third-order valence-electron chi connectivity index (χ3n) is 1.76. The zero-order chi connectivity index (χ0) is 11.0. The number of esters is 1. The van der Waals surface area contributed by atoms with Gasteiger partial charge in [-0.15, -0.1) is 0 Å². The monoisotopic (exact) mass is 200 g/mol. The van der Waals surface area contributed by atoms with Crippen LogP contribution in [0.5, 0.6) is 0 Å². The van der Waals surface area contributed by atoms with E-state index in [4.69, 9.17) is 9.47 Å². The van der Waals surface area contributed by atoms with Gasteiger partial charge in [0.15, 0.2) is 0 Å². The van der Waals surface area contributed by atoms with Crippen LogP contribution in [0.15, 0.2) is 12.2 Å². The van der Waals surface area contributed by atoms with Crippen LogP contribution in [0.25, 0.3) is 0 Å². The molecule has 0 radical (unpaired) electrons. The van der Waals surface area contributed by atoms with E-state index in [1.54, 1.807) is 6.92 Å². The van der Waals surface area contributed by atoms with Gasteiger partial charge >= 0.3 is 5.97 Å². The normalized spacial score (nSPS) is 12.2. The molecule has 0 saturated heterocycles. The fraction of sp³-hybridized carbons (Fsp3) is 0.727. The summed E-state index contributed by atoms with van der Waals surface area (Å²) < 4.78 is 10.3. The molecule has 0 spiro atoms. The van der Waals surface area contributed by atoms with Gasteiger partial charge < -0.3 is 9.47 Å². The summed E-state index contributed by atoms with van der Waals surface area (Å²) in [5, 5.41) is 0. The van der Waals surface area contributed by atoms with Crippen LogP contribution >= 0.6 is 0 Å². The summed E-state index contributed by atoms with van der Waals surface area (Å²) in [7, 11) is 0. The number of hydrogen-bond acceptors (Lipinski definition) is 3. The first-order valence-electron chi connectivity index (χ1n) is 5.02. The predicted molar refractivity (Wildman–Crippen MR) is 56.1 cm³/mol. The Morgan fingerprint density at radius 2 is 2.07 bits per heavy atom. The van der Waals surface area contributed by atoms with Crippen molar-refractivity contribution in [2.24, 2.45) is 0 Å². The maximum atomic E-state index is 10.9. The Bertz CT molecular complexity index is 187. The molecule has 0 fully saturated rings. The van der Waals surface area contributed by atoms with E-state index < -0.39 is 0 Å². The van der Waals surface area contributed by atoms with Gasteiger partial charge in [-0.25, -0.2) is 4.79 Å². The average molecular weight is 200 g/mol. The summed E-state index contributed by atoms with van der Waals surface area (Å²) in [5.41, 5.74) is 0.423. The number of rotatable bonds is 7. The lowest BCUT2D eigenvalue weighted by Crippen LogP contribution is -2.15. The molecular weight excluding hydrogens is 180 g/mol. The Morgan fingerprint density at radius 1 is 1.43 bits per heavy atom. The Kier molecular flexibility index (Phi) is 7.11. The van der Waals surface area contributed by atoms with Crippen molar-refractivity contribution >= 4 is 5.97 Å². The highest BCUT2D eigenvalue weighted by Crippen LogP contribution is 2.00. The van der Waals surface area contributed by atoms with Gasteiger partial charge in [0, 0.05) is 5.57 Å². The first-order chi connectivity index (χ1) is 6.57. The Morgan fingerprint density at radius 3 is 2.57 bits per heavy atom. The predicted octanol–water partition coefficient (Wildman–Crippen LogP) is 2.31. The van der Waals surface area contributed by atoms with Crippen molar-refractivity contribution in [3.63, 3.8) is 0 Å². The minimum absolute atomic E-state index is 0.239. The van der Waals surface area contributed by atoms with Crippen molar-refractivity contribution in [1.82, 2.24) is 0 Å². The summed E-state index contributed by atoms with van der Waals surface area (Å²) >= 11 is 0. The lowest BCUT2D eigenvalue weighted by Gasteiger charge is -2.11. The molecule has 0 aromatic rings. The molecule has 0 aliphatic carbocycles. The fourth-order valence-electron chi connectivity index (χ4n) is 0.997.